The van der Waals surface area contributed by atoms with Gasteiger partial charge >= 0.3 is 35.4 Å². The monoisotopic (exact) mass is 970 g/mol. The lowest BCUT2D eigenvalue weighted by molar-refractivity contribution is -0.213. The summed E-state index contributed by atoms with van der Waals surface area (Å²) in [6, 6.07) is 0. The molecule has 0 heterocycles. The third-order valence-electron chi connectivity index (χ3n) is 10.9. The summed E-state index contributed by atoms with van der Waals surface area (Å²) in [6.45, 7) is 2.94. The second-order valence-corrected chi connectivity index (χ2v) is 20.5. The van der Waals surface area contributed by atoms with E-state index in [2.05, 4.69) is 22.9 Å². The molecule has 0 saturated heterocycles. The highest BCUT2D eigenvalue weighted by atomic mass is 31.2. The zero-order valence-electron chi connectivity index (χ0n) is 37.7. The SMILES string of the molecule is CCCCCCCCCCCCCCCC(=O)OC[C@H](COP(=O)(O)O[C@H]1[C@@H](O)[C@@H](OP(=O)(O)O)[C@H](OP(=O)(O)O)[C@@H](O)[C@@H]1O)OC(=O)CCCCCCCCCCCCCCC. The Morgan fingerprint density at radius 2 is 0.778 bits per heavy atom. The maximum Gasteiger partial charge on any atom is 0.472 e. The molecule has 1 saturated carbocycles. The Balaban J connectivity index is 2.74. The second kappa shape index (κ2) is 34.4. The minimum Gasteiger partial charge on any atom is -0.462 e. The van der Waals surface area contributed by atoms with Crippen LogP contribution >= 0.6 is 23.5 Å². The Labute approximate surface area is 374 Å². The molecule has 8 atom stereocenters. The number of rotatable bonds is 40. The van der Waals surface area contributed by atoms with Crippen LogP contribution in [0.4, 0.5) is 0 Å². The molecule has 0 bridgehead atoms. The highest BCUT2D eigenvalue weighted by Gasteiger charge is 2.56. The topological polar surface area (TPSA) is 303 Å². The molecule has 0 aromatic rings. The maximum absolute atomic E-state index is 13.1. The number of carbonyl (C=O) groups is 2. The maximum atomic E-state index is 13.1. The summed E-state index contributed by atoms with van der Waals surface area (Å²) in [5.74, 6) is -1.28. The van der Waals surface area contributed by atoms with Gasteiger partial charge in [-0.2, -0.15) is 0 Å². The summed E-state index contributed by atoms with van der Waals surface area (Å²) < 4.78 is 65.4. The summed E-state index contributed by atoms with van der Waals surface area (Å²) >= 11 is 0. The van der Waals surface area contributed by atoms with Crippen LogP contribution in [0.5, 0.6) is 0 Å². The first-order valence-corrected chi connectivity index (χ1v) is 27.9. The zero-order chi connectivity index (χ0) is 47.2. The molecule has 0 radical (unpaired) electrons. The second-order valence-electron chi connectivity index (χ2n) is 16.7. The third kappa shape index (κ3) is 30.9. The normalized spacial score (nSPS) is 22.1. The smallest absolute Gasteiger partial charge is 0.462 e. The number of aliphatic hydroxyl groups excluding tert-OH is 3. The van der Waals surface area contributed by atoms with Crippen molar-refractivity contribution in [1.82, 2.24) is 0 Å². The minimum absolute atomic E-state index is 0.00556. The van der Waals surface area contributed by atoms with Gasteiger partial charge in [-0.05, 0) is 12.8 Å². The number of unbranched alkanes of at least 4 members (excludes halogenated alkanes) is 24. The lowest BCUT2D eigenvalue weighted by Crippen LogP contribution is -2.65. The van der Waals surface area contributed by atoms with Gasteiger partial charge in [0.1, 0.15) is 43.2 Å². The van der Waals surface area contributed by atoms with Crippen LogP contribution in [0.2, 0.25) is 0 Å². The van der Waals surface area contributed by atoms with E-state index in [1.807, 2.05) is 0 Å². The Bertz CT molecular complexity index is 1350. The Hall–Kier alpha value is -0.850. The van der Waals surface area contributed by atoms with Crippen molar-refractivity contribution in [3.63, 3.8) is 0 Å². The Kier molecular flexibility index (Phi) is 32.9. The molecule has 1 aliphatic carbocycles. The summed E-state index contributed by atoms with van der Waals surface area (Å²) in [6.07, 6.45) is 12.7. The molecule has 0 aromatic heterocycles. The van der Waals surface area contributed by atoms with Crippen molar-refractivity contribution in [1.29, 1.82) is 0 Å². The number of carbonyl (C=O) groups excluding carboxylic acids is 2. The molecule has 1 unspecified atom stereocenters. The van der Waals surface area contributed by atoms with Crippen LogP contribution in [0.25, 0.3) is 0 Å². The van der Waals surface area contributed by atoms with Gasteiger partial charge in [0.05, 0.1) is 6.61 Å². The van der Waals surface area contributed by atoms with Crippen LogP contribution in [-0.4, -0.2) is 108 Å². The molecule has 1 fully saturated rings. The molecular weight excluding hydrogens is 889 g/mol. The molecule has 63 heavy (non-hydrogen) atoms. The number of phosphoric acid groups is 3. The molecule has 8 N–H and O–H groups in total. The van der Waals surface area contributed by atoms with E-state index in [9.17, 15) is 63.1 Å². The Morgan fingerprint density at radius 1 is 0.444 bits per heavy atom. The number of phosphoric ester groups is 3. The van der Waals surface area contributed by atoms with Crippen LogP contribution in [-0.2, 0) is 50.9 Å². The van der Waals surface area contributed by atoms with E-state index in [0.29, 0.717) is 12.8 Å². The molecule has 0 aromatic carbocycles. The van der Waals surface area contributed by atoms with Crippen LogP contribution in [0.1, 0.15) is 194 Å². The van der Waals surface area contributed by atoms with Crippen LogP contribution in [0.15, 0.2) is 0 Å². The molecule has 19 nitrogen and oxygen atoms in total. The Morgan fingerprint density at radius 3 is 1.16 bits per heavy atom. The average molecular weight is 971 g/mol. The van der Waals surface area contributed by atoms with E-state index in [1.54, 1.807) is 0 Å². The standard InChI is InChI=1S/C41H81O19P3/c1-3-5-7-9-11-13-15-17-19-21-23-25-27-29-34(42)55-31-33(57-35(43)30-28-26-24-22-20-18-16-14-12-10-8-6-4-2)32-56-63(53,54)60-39-36(44)37(45)40(58-61(47,48)49)41(38(39)46)59-62(50,51)52/h33,36-41,44-46H,3-32H2,1-2H3,(H,53,54)(H2,47,48,49)(H2,50,51,52)/t33-,36+,37+,38-,39-,40-,41-/m1/s1. The summed E-state index contributed by atoms with van der Waals surface area (Å²) in [7, 11) is -16.6. The van der Waals surface area contributed by atoms with Crippen molar-refractivity contribution in [2.24, 2.45) is 0 Å². The van der Waals surface area contributed by atoms with Crippen molar-refractivity contribution < 1.29 is 90.6 Å². The van der Waals surface area contributed by atoms with Crippen molar-refractivity contribution in [2.75, 3.05) is 13.2 Å². The number of hydrogen-bond acceptors (Lipinski definition) is 14. The van der Waals surface area contributed by atoms with Crippen LogP contribution < -0.4 is 0 Å². The van der Waals surface area contributed by atoms with Crippen molar-refractivity contribution in [3.8, 4) is 0 Å². The average Bonchev–Trinajstić information content (AvgIpc) is 3.20. The zero-order valence-corrected chi connectivity index (χ0v) is 40.3. The largest absolute Gasteiger partial charge is 0.472 e. The van der Waals surface area contributed by atoms with Gasteiger partial charge in [0.15, 0.2) is 6.10 Å². The van der Waals surface area contributed by atoms with Gasteiger partial charge in [-0.1, -0.05) is 168 Å². The first kappa shape index (κ1) is 60.2. The molecule has 0 aliphatic heterocycles. The molecule has 0 spiro atoms. The van der Waals surface area contributed by atoms with E-state index < -0.39 is 91.3 Å². The summed E-state index contributed by atoms with van der Waals surface area (Å²) in [5, 5.41) is 31.8. The fourth-order valence-electron chi connectivity index (χ4n) is 7.41. The van der Waals surface area contributed by atoms with Gasteiger partial charge < -0.3 is 49.3 Å². The molecule has 0 amide bonds. The first-order valence-electron chi connectivity index (χ1n) is 23.3. The number of esters is 2. The van der Waals surface area contributed by atoms with E-state index in [1.165, 1.54) is 103 Å². The molecule has 1 aliphatic rings. The van der Waals surface area contributed by atoms with Crippen molar-refractivity contribution >= 4 is 35.4 Å². The van der Waals surface area contributed by atoms with Crippen LogP contribution in [0.3, 0.4) is 0 Å². The quantitative estimate of drug-likeness (QED) is 0.0164. The molecular formula is C41H81O19P3. The first-order chi connectivity index (χ1) is 29.8. The van der Waals surface area contributed by atoms with Gasteiger partial charge in [-0.15, -0.1) is 0 Å². The van der Waals surface area contributed by atoms with Gasteiger partial charge in [0, 0.05) is 12.8 Å². The van der Waals surface area contributed by atoms with Crippen molar-refractivity contribution in [3.05, 3.63) is 0 Å². The minimum atomic E-state index is -5.59. The third-order valence-corrected chi connectivity index (χ3v) is 12.9. The lowest BCUT2D eigenvalue weighted by Gasteiger charge is -2.44. The lowest BCUT2D eigenvalue weighted by atomic mass is 9.85. The number of ether oxygens (including phenoxy) is 2. The highest BCUT2D eigenvalue weighted by Crippen LogP contribution is 2.51. The molecule has 22 heteroatoms. The van der Waals surface area contributed by atoms with Crippen molar-refractivity contribution in [2.45, 2.75) is 236 Å². The number of hydrogen-bond donors (Lipinski definition) is 8. The fourth-order valence-corrected chi connectivity index (χ4v) is 9.50. The number of aliphatic hydroxyl groups is 3. The van der Waals surface area contributed by atoms with E-state index in [4.69, 9.17) is 18.5 Å². The van der Waals surface area contributed by atoms with Gasteiger partial charge in [-0.25, -0.2) is 13.7 Å². The van der Waals surface area contributed by atoms with Gasteiger partial charge in [-0.3, -0.25) is 27.7 Å². The fraction of sp³-hybridized carbons (Fsp3) is 0.951. The predicted octanol–water partition coefficient (Wildman–Crippen LogP) is 7.96. The highest BCUT2D eigenvalue weighted by molar-refractivity contribution is 7.47. The van der Waals surface area contributed by atoms with Gasteiger partial charge in [0.2, 0.25) is 0 Å². The molecule has 1 rings (SSSR count). The van der Waals surface area contributed by atoms with Crippen LogP contribution in [0, 0.1) is 0 Å². The van der Waals surface area contributed by atoms with E-state index >= 15 is 0 Å². The summed E-state index contributed by atoms with van der Waals surface area (Å²) in [5.41, 5.74) is 0. The van der Waals surface area contributed by atoms with Gasteiger partial charge in [0.25, 0.3) is 0 Å². The summed E-state index contributed by atoms with van der Waals surface area (Å²) in [4.78, 5) is 73.1. The van der Waals surface area contributed by atoms with E-state index in [-0.39, 0.29) is 12.8 Å². The molecule has 374 valence electrons. The van der Waals surface area contributed by atoms with E-state index in [0.717, 1.165) is 51.4 Å². The predicted molar refractivity (Wildman–Crippen MR) is 234 cm³/mol.